The molecule has 1 aliphatic carbocycles. The Balaban J connectivity index is 3.15. The van der Waals surface area contributed by atoms with E-state index < -0.39 is 0 Å². The smallest absolute Gasteiger partial charge is 0.223 e. The Morgan fingerprint density at radius 1 is 0.171 bits per heavy atom. The van der Waals surface area contributed by atoms with Crippen LogP contribution in [0.3, 0.4) is 0 Å². The number of hydrogen-bond acceptors (Lipinski definition) is 6. The van der Waals surface area contributed by atoms with E-state index in [9.17, 15) is 14.4 Å². The molecule has 9 nitrogen and oxygen atoms in total. The van der Waals surface area contributed by atoms with Crippen molar-refractivity contribution in [3.63, 3.8) is 0 Å². The Bertz CT molecular complexity index is 1560. The van der Waals surface area contributed by atoms with Gasteiger partial charge >= 0.3 is 0 Å². The van der Waals surface area contributed by atoms with Gasteiger partial charge in [0.05, 0.1) is 0 Å². The molecule has 0 heterocycles. The zero-order chi connectivity index (χ0) is 80.0. The van der Waals surface area contributed by atoms with Gasteiger partial charge in [0, 0.05) is 37.4 Å². The zero-order valence-electron chi connectivity index (χ0n) is 76.9. The molecule has 0 atom stereocenters. The van der Waals surface area contributed by atoms with Gasteiger partial charge in [-0.15, -0.1) is 0 Å². The third kappa shape index (κ3) is 75.5. The van der Waals surface area contributed by atoms with Crippen molar-refractivity contribution in [2.45, 2.75) is 542 Å². The maximum atomic E-state index is 14.6. The van der Waals surface area contributed by atoms with E-state index in [1.54, 1.807) is 0 Å². The van der Waals surface area contributed by atoms with Gasteiger partial charge in [0.15, 0.2) is 0 Å². The summed E-state index contributed by atoms with van der Waals surface area (Å²) in [5.41, 5.74) is 0. The van der Waals surface area contributed by atoms with E-state index in [1.165, 1.54) is 462 Å². The Kier molecular flexibility index (Phi) is 86.1. The molecule has 3 amide bonds. The normalized spacial score (nSPS) is 14.6. The Morgan fingerprint density at radius 2 is 0.279 bits per heavy atom. The largest absolute Gasteiger partial charge is 0.356 e. The number of nitrogens with one attached hydrogen (secondary N) is 3. The molecule has 0 aromatic carbocycles. The predicted octanol–water partition coefficient (Wildman–Crippen LogP) is 30.7. The number of carbonyl (C=O) groups excluding carboxylic acids is 3. The number of amides is 3. The average Bonchev–Trinajstić information content (AvgIpc) is 0.827. The summed E-state index contributed by atoms with van der Waals surface area (Å²) in [6.45, 7) is 25.8. The van der Waals surface area contributed by atoms with Crippen molar-refractivity contribution in [2.75, 3.05) is 78.5 Å². The SMILES string of the molecule is CCCCCCCCCCCCCCN(CCCCCCCCCCCCCC)CCCNC(=O)C1CC(C(=O)NCCCN(CCCCCCCCCCCCCC)CCCCCCCCCCCCCC)CC(C(=O)NCCCN(CCCCCCCCCCCCCC)CCCCCCCCCCCCCC)C1. The van der Waals surface area contributed by atoms with Crippen molar-refractivity contribution in [3.8, 4) is 0 Å². The fraction of sp³-hybridized carbons (Fsp3) is 0.971. The summed E-state index contributed by atoms with van der Waals surface area (Å²) >= 11 is 0. The number of hydrogen-bond donors (Lipinski definition) is 3. The summed E-state index contributed by atoms with van der Waals surface area (Å²) in [6, 6.07) is 0. The molecule has 0 bridgehead atoms. The lowest BCUT2D eigenvalue weighted by atomic mass is 9.74. The number of unbranched alkanes of at least 4 members (excludes halogenated alkanes) is 66. The van der Waals surface area contributed by atoms with Crippen LogP contribution in [0.5, 0.6) is 0 Å². The molecular weight excluding hydrogens is 1360 g/mol. The maximum Gasteiger partial charge on any atom is 0.223 e. The molecule has 3 N–H and O–H groups in total. The molecular formula is C102H204N6O3. The standard InChI is InChI=1S/C102H204N6O3/c1-7-13-19-25-31-37-43-49-55-61-67-73-85-106(86-74-68-62-56-50-44-38-32-26-20-14-8-2)91-79-82-103-100(109)97-94-98(101(110)104-83-80-92-107(87-75-69-63-57-51-45-39-33-27-21-15-9-3)88-76-70-64-58-52-46-40-34-28-22-16-10-4)96-99(95-97)102(111)105-84-81-93-108(89-77-71-65-59-53-47-41-35-29-23-17-11-5)90-78-72-66-60-54-48-42-36-30-24-18-12-6/h97-99H,7-96H2,1-6H3,(H,103,109)(H,104,110)(H,105,111). The van der Waals surface area contributed by atoms with Crippen LogP contribution in [-0.2, 0) is 14.4 Å². The van der Waals surface area contributed by atoms with E-state index in [0.717, 1.165) is 78.2 Å². The number of rotatable bonds is 93. The molecule has 1 saturated carbocycles. The van der Waals surface area contributed by atoms with Gasteiger partial charge < -0.3 is 30.7 Å². The highest BCUT2D eigenvalue weighted by Crippen LogP contribution is 2.35. The molecule has 0 aromatic rings. The minimum Gasteiger partial charge on any atom is -0.356 e. The van der Waals surface area contributed by atoms with Gasteiger partial charge in [-0.3, -0.25) is 14.4 Å². The molecule has 111 heavy (non-hydrogen) atoms. The Hall–Kier alpha value is -1.71. The second kappa shape index (κ2) is 89.1. The summed E-state index contributed by atoms with van der Waals surface area (Å²) in [4.78, 5) is 51.8. The zero-order valence-corrected chi connectivity index (χ0v) is 76.9. The molecule has 1 rings (SSSR count). The van der Waals surface area contributed by atoms with Gasteiger partial charge in [-0.2, -0.15) is 0 Å². The first-order chi connectivity index (χ1) is 54.8. The minimum absolute atomic E-state index is 0.0521. The Morgan fingerprint density at radius 3 is 0.405 bits per heavy atom. The fourth-order valence-electron chi connectivity index (χ4n) is 18.0. The summed E-state index contributed by atoms with van der Waals surface area (Å²) in [7, 11) is 0. The van der Waals surface area contributed by atoms with Gasteiger partial charge in [-0.25, -0.2) is 0 Å². The third-order valence-corrected chi connectivity index (χ3v) is 25.6. The van der Waals surface area contributed by atoms with E-state index in [2.05, 4.69) is 72.2 Å². The van der Waals surface area contributed by atoms with Gasteiger partial charge in [0.25, 0.3) is 0 Å². The van der Waals surface area contributed by atoms with Crippen molar-refractivity contribution in [1.82, 2.24) is 30.7 Å². The van der Waals surface area contributed by atoms with E-state index in [4.69, 9.17) is 0 Å². The van der Waals surface area contributed by atoms with Gasteiger partial charge in [-0.05, 0) is 136 Å². The second-order valence-corrected chi connectivity index (χ2v) is 36.6. The topological polar surface area (TPSA) is 97.0 Å². The van der Waals surface area contributed by atoms with Crippen LogP contribution >= 0.6 is 0 Å². The van der Waals surface area contributed by atoms with Crippen LogP contribution in [0.15, 0.2) is 0 Å². The molecule has 0 radical (unpaired) electrons. The molecule has 0 spiro atoms. The Labute approximate surface area is 697 Å². The summed E-state index contributed by atoms with van der Waals surface area (Å²) in [5, 5.41) is 10.3. The van der Waals surface area contributed by atoms with Crippen molar-refractivity contribution >= 4 is 17.7 Å². The van der Waals surface area contributed by atoms with Gasteiger partial charge in [0.2, 0.25) is 17.7 Å². The van der Waals surface area contributed by atoms with Crippen molar-refractivity contribution in [1.29, 1.82) is 0 Å². The molecule has 1 aliphatic rings. The van der Waals surface area contributed by atoms with Gasteiger partial charge in [-0.1, -0.05) is 465 Å². The van der Waals surface area contributed by atoms with Crippen LogP contribution in [0.2, 0.25) is 0 Å². The van der Waals surface area contributed by atoms with Gasteiger partial charge in [0.1, 0.15) is 0 Å². The highest BCUT2D eigenvalue weighted by molar-refractivity contribution is 5.86. The lowest BCUT2D eigenvalue weighted by Crippen LogP contribution is -2.45. The third-order valence-electron chi connectivity index (χ3n) is 25.6. The lowest BCUT2D eigenvalue weighted by Gasteiger charge is -2.33. The molecule has 9 heteroatoms. The van der Waals surface area contributed by atoms with Crippen LogP contribution in [-0.4, -0.2) is 111 Å². The van der Waals surface area contributed by atoms with Crippen molar-refractivity contribution in [2.24, 2.45) is 17.8 Å². The first kappa shape index (κ1) is 107. The van der Waals surface area contributed by atoms with Crippen LogP contribution in [0, 0.1) is 17.8 Å². The van der Waals surface area contributed by atoms with Crippen LogP contribution < -0.4 is 16.0 Å². The second-order valence-electron chi connectivity index (χ2n) is 36.6. The molecule has 0 aromatic heterocycles. The minimum atomic E-state index is -0.341. The summed E-state index contributed by atoms with van der Waals surface area (Å²) in [6.07, 6.45) is 103. The molecule has 0 saturated heterocycles. The summed E-state index contributed by atoms with van der Waals surface area (Å²) in [5.74, 6) is -0.867. The lowest BCUT2D eigenvalue weighted by molar-refractivity contribution is -0.135. The highest BCUT2D eigenvalue weighted by atomic mass is 16.2. The highest BCUT2D eigenvalue weighted by Gasteiger charge is 2.39. The first-order valence-electron chi connectivity index (χ1n) is 51.8. The van der Waals surface area contributed by atoms with Crippen LogP contribution in [0.25, 0.3) is 0 Å². The monoisotopic (exact) mass is 1560 g/mol. The van der Waals surface area contributed by atoms with E-state index in [-0.39, 0.29) is 35.5 Å². The quantitative estimate of drug-likeness (QED) is 0.0525. The van der Waals surface area contributed by atoms with E-state index in [0.29, 0.717) is 38.9 Å². The average molecular weight is 1560 g/mol. The molecule has 1 fully saturated rings. The fourth-order valence-corrected chi connectivity index (χ4v) is 18.0. The number of carbonyl (C=O) groups is 3. The summed E-state index contributed by atoms with van der Waals surface area (Å²) < 4.78 is 0. The number of nitrogens with zero attached hydrogens (tertiary/aromatic N) is 3. The predicted molar refractivity (Wildman–Crippen MR) is 493 cm³/mol. The van der Waals surface area contributed by atoms with Crippen LogP contribution in [0.1, 0.15) is 542 Å². The van der Waals surface area contributed by atoms with Crippen molar-refractivity contribution < 1.29 is 14.4 Å². The maximum absolute atomic E-state index is 14.6. The van der Waals surface area contributed by atoms with Crippen LogP contribution in [0.4, 0.5) is 0 Å². The van der Waals surface area contributed by atoms with E-state index >= 15 is 0 Å². The molecule has 0 unspecified atom stereocenters. The van der Waals surface area contributed by atoms with E-state index in [1.807, 2.05) is 0 Å². The molecule has 0 aliphatic heterocycles. The van der Waals surface area contributed by atoms with Crippen molar-refractivity contribution in [3.05, 3.63) is 0 Å². The molecule has 660 valence electrons. The first-order valence-corrected chi connectivity index (χ1v) is 51.8.